The normalized spacial score (nSPS) is 18.0. The molecule has 2 aromatic rings. The topological polar surface area (TPSA) is 65.2 Å². The van der Waals surface area contributed by atoms with Crippen LogP contribution in [0, 0.1) is 24.5 Å². The van der Waals surface area contributed by atoms with Crippen molar-refractivity contribution in [3.63, 3.8) is 0 Å². The van der Waals surface area contributed by atoms with Crippen molar-refractivity contribution in [3.8, 4) is 5.69 Å². The Bertz CT molecular complexity index is 844. The van der Waals surface area contributed by atoms with E-state index in [0.717, 1.165) is 30.6 Å². The molecule has 1 atom stereocenters. The van der Waals surface area contributed by atoms with Crippen molar-refractivity contribution in [1.82, 2.24) is 24.7 Å². The van der Waals surface area contributed by atoms with Gasteiger partial charge in [0, 0.05) is 6.54 Å². The van der Waals surface area contributed by atoms with Gasteiger partial charge in [-0.15, -0.1) is 0 Å². The Hall–Kier alpha value is -2.06. The molecule has 2 heterocycles. The summed E-state index contributed by atoms with van der Waals surface area (Å²) in [6, 6.07) is 6.05. The van der Waals surface area contributed by atoms with Crippen LogP contribution in [0.25, 0.3) is 5.69 Å². The highest BCUT2D eigenvalue weighted by molar-refractivity contribution is 7.71. The zero-order chi connectivity index (χ0) is 18.7. The molecule has 0 radical (unpaired) electrons. The summed E-state index contributed by atoms with van der Waals surface area (Å²) >= 11 is 5.58. The molecule has 1 aromatic carbocycles. The molecule has 1 aliphatic rings. The van der Waals surface area contributed by atoms with E-state index in [1.54, 1.807) is 9.36 Å². The predicted molar refractivity (Wildman–Crippen MR) is 101 cm³/mol. The highest BCUT2D eigenvalue weighted by Crippen LogP contribution is 2.19. The van der Waals surface area contributed by atoms with Gasteiger partial charge in [0.1, 0.15) is 0 Å². The Morgan fingerprint density at radius 1 is 1.35 bits per heavy atom. The number of rotatable bonds is 5. The lowest BCUT2D eigenvalue weighted by Crippen LogP contribution is -2.40. The lowest BCUT2D eigenvalue weighted by atomic mass is 9.99. The van der Waals surface area contributed by atoms with Crippen LogP contribution in [0.15, 0.2) is 18.2 Å². The summed E-state index contributed by atoms with van der Waals surface area (Å²) in [6.07, 6.45) is 1.83. The molecule has 0 amide bonds. The van der Waals surface area contributed by atoms with Gasteiger partial charge in [-0.05, 0) is 80.0 Å². The second kappa shape index (κ2) is 8.09. The first-order valence-corrected chi connectivity index (χ1v) is 9.40. The van der Waals surface area contributed by atoms with Gasteiger partial charge in [-0.3, -0.25) is 9.69 Å². The fourth-order valence-electron chi connectivity index (χ4n) is 3.31. The summed E-state index contributed by atoms with van der Waals surface area (Å²) in [5, 5.41) is 8.47. The van der Waals surface area contributed by atoms with Gasteiger partial charge in [-0.1, -0.05) is 12.1 Å². The molecule has 1 fully saturated rings. The summed E-state index contributed by atoms with van der Waals surface area (Å²) < 4.78 is 9.13. The maximum Gasteiger partial charge on any atom is 0.310 e. The molecule has 0 unspecified atom stereocenters. The Balaban J connectivity index is 1.75. The van der Waals surface area contributed by atoms with Crippen molar-refractivity contribution in [2.24, 2.45) is 5.92 Å². The molecule has 0 saturated carbocycles. The van der Waals surface area contributed by atoms with E-state index in [0.29, 0.717) is 24.6 Å². The van der Waals surface area contributed by atoms with Gasteiger partial charge >= 0.3 is 5.97 Å². The molecule has 1 saturated heterocycles. The predicted octanol–water partition coefficient (Wildman–Crippen LogP) is 2.65. The Labute approximate surface area is 158 Å². The van der Waals surface area contributed by atoms with Crippen molar-refractivity contribution in [1.29, 1.82) is 0 Å². The highest BCUT2D eigenvalue weighted by atomic mass is 32.1. The number of tetrazole rings is 1. The van der Waals surface area contributed by atoms with Crippen LogP contribution in [0.5, 0.6) is 0 Å². The number of carbonyl (C=O) groups excluding carboxylic acids is 1. The van der Waals surface area contributed by atoms with E-state index in [-0.39, 0.29) is 11.9 Å². The first kappa shape index (κ1) is 18.7. The molecule has 1 aromatic heterocycles. The molecule has 1 aliphatic heterocycles. The molecule has 0 spiro atoms. The number of piperidine rings is 1. The van der Waals surface area contributed by atoms with Gasteiger partial charge in [0.2, 0.25) is 4.77 Å². The van der Waals surface area contributed by atoms with E-state index in [1.807, 2.05) is 19.1 Å². The number of aromatic nitrogens is 4. The second-order valence-electron chi connectivity index (χ2n) is 6.70. The number of esters is 1. The highest BCUT2D eigenvalue weighted by Gasteiger charge is 2.27. The van der Waals surface area contributed by atoms with Gasteiger partial charge < -0.3 is 4.74 Å². The number of benzene rings is 1. The molecule has 7 nitrogen and oxygen atoms in total. The number of aryl methyl sites for hydroxylation is 1. The fourth-order valence-corrected chi connectivity index (χ4v) is 3.53. The number of nitrogens with zero attached hydrogens (tertiary/aromatic N) is 5. The maximum atomic E-state index is 12.0. The Morgan fingerprint density at radius 3 is 2.92 bits per heavy atom. The van der Waals surface area contributed by atoms with E-state index < -0.39 is 0 Å². The number of hydrogen-bond donors (Lipinski definition) is 0. The van der Waals surface area contributed by atoms with Gasteiger partial charge in [-0.25, -0.2) is 4.68 Å². The molecule has 0 aliphatic carbocycles. The third-order valence-corrected chi connectivity index (χ3v) is 5.29. The van der Waals surface area contributed by atoms with Crippen LogP contribution in [0.3, 0.4) is 0 Å². The quantitative estimate of drug-likeness (QED) is 0.591. The fraction of sp³-hybridized carbons (Fsp3) is 0.556. The number of hydrogen-bond acceptors (Lipinski definition) is 6. The molecular formula is C18H25N5O2S. The summed E-state index contributed by atoms with van der Waals surface area (Å²) in [6.45, 7) is 8.48. The van der Waals surface area contributed by atoms with Crippen LogP contribution in [0.2, 0.25) is 0 Å². The molecular weight excluding hydrogens is 350 g/mol. The molecule has 26 heavy (non-hydrogen) atoms. The van der Waals surface area contributed by atoms with Crippen molar-refractivity contribution in [2.45, 2.75) is 40.3 Å². The van der Waals surface area contributed by atoms with Gasteiger partial charge in [0.25, 0.3) is 0 Å². The van der Waals surface area contributed by atoms with Crippen LogP contribution in [-0.4, -0.2) is 50.4 Å². The monoisotopic (exact) mass is 375 g/mol. The van der Waals surface area contributed by atoms with Crippen molar-refractivity contribution >= 4 is 18.2 Å². The number of carbonyl (C=O) groups is 1. The van der Waals surface area contributed by atoms with E-state index in [1.165, 1.54) is 5.56 Å². The summed E-state index contributed by atoms with van der Waals surface area (Å²) in [7, 11) is 0. The minimum Gasteiger partial charge on any atom is -0.466 e. The van der Waals surface area contributed by atoms with Crippen LogP contribution < -0.4 is 0 Å². The molecule has 0 N–H and O–H groups in total. The third-order valence-electron chi connectivity index (χ3n) is 4.90. The summed E-state index contributed by atoms with van der Waals surface area (Å²) in [4.78, 5) is 14.2. The van der Waals surface area contributed by atoms with Crippen LogP contribution in [-0.2, 0) is 16.2 Å². The first-order chi connectivity index (χ1) is 12.5. The zero-order valence-corrected chi connectivity index (χ0v) is 16.3. The van der Waals surface area contributed by atoms with E-state index >= 15 is 0 Å². The number of ether oxygens (including phenoxy) is 1. The first-order valence-electron chi connectivity index (χ1n) is 8.99. The van der Waals surface area contributed by atoms with Crippen LogP contribution >= 0.6 is 12.2 Å². The number of likely N-dealkylation sites (tertiary alicyclic amines) is 1. The van der Waals surface area contributed by atoms with Crippen molar-refractivity contribution in [2.75, 3.05) is 19.7 Å². The minimum atomic E-state index is -0.111. The lowest BCUT2D eigenvalue weighted by molar-refractivity contribution is -0.150. The third kappa shape index (κ3) is 3.86. The Morgan fingerprint density at radius 2 is 2.15 bits per heavy atom. The lowest BCUT2D eigenvalue weighted by Gasteiger charge is -2.30. The molecule has 8 heteroatoms. The minimum absolute atomic E-state index is 0.0769. The average molecular weight is 375 g/mol. The second-order valence-corrected chi connectivity index (χ2v) is 7.07. The summed E-state index contributed by atoms with van der Waals surface area (Å²) in [5.74, 6) is -0.188. The van der Waals surface area contributed by atoms with Crippen LogP contribution in [0.1, 0.15) is 30.9 Å². The molecule has 0 bridgehead atoms. The maximum absolute atomic E-state index is 12.0. The van der Waals surface area contributed by atoms with Gasteiger partial charge in [-0.2, -0.15) is 4.68 Å². The largest absolute Gasteiger partial charge is 0.466 e. The van der Waals surface area contributed by atoms with E-state index in [2.05, 4.69) is 35.2 Å². The van der Waals surface area contributed by atoms with Crippen molar-refractivity contribution in [3.05, 3.63) is 34.1 Å². The molecule has 140 valence electrons. The summed E-state index contributed by atoms with van der Waals surface area (Å²) in [5.41, 5.74) is 3.27. The average Bonchev–Trinajstić information content (AvgIpc) is 2.98. The van der Waals surface area contributed by atoms with Crippen LogP contribution in [0.4, 0.5) is 0 Å². The zero-order valence-electron chi connectivity index (χ0n) is 15.5. The smallest absolute Gasteiger partial charge is 0.310 e. The SMILES string of the molecule is CCOC(=O)[C@H]1CCCN(Cn2nnn(-c3cccc(C)c3C)c2=S)C1. The Kier molecular flexibility index (Phi) is 5.83. The van der Waals surface area contributed by atoms with Gasteiger partial charge in [0.15, 0.2) is 0 Å². The van der Waals surface area contributed by atoms with Gasteiger partial charge in [0.05, 0.1) is 24.9 Å². The van der Waals surface area contributed by atoms with E-state index in [9.17, 15) is 4.79 Å². The van der Waals surface area contributed by atoms with E-state index in [4.69, 9.17) is 17.0 Å². The molecule has 3 rings (SSSR count). The standard InChI is InChI=1S/C18H25N5O2S/c1-4-25-17(24)15-8-6-10-21(11-15)12-22-18(26)23(20-19-22)16-9-5-7-13(2)14(16)3/h5,7,9,15H,4,6,8,10-12H2,1-3H3/t15-/m0/s1. The van der Waals surface area contributed by atoms with Crippen molar-refractivity contribution < 1.29 is 9.53 Å².